The molecule has 0 unspecified atom stereocenters. The number of aromatic amines is 2. The fourth-order valence-corrected chi connectivity index (χ4v) is 3.98. The number of hydrogen-bond acceptors (Lipinski definition) is 4. The summed E-state index contributed by atoms with van der Waals surface area (Å²) in [7, 11) is -3.66. The fourth-order valence-electron chi connectivity index (χ4n) is 2.56. The minimum Gasteiger partial charge on any atom is -0.322 e. The molecular weight excluding hydrogens is 368 g/mol. The Morgan fingerprint density at radius 1 is 0.963 bits per heavy atom. The fraction of sp³-hybridized carbons (Fsp3) is 0.222. The molecule has 142 valence electrons. The lowest BCUT2D eigenvalue weighted by Crippen LogP contribution is -2.40. The molecule has 0 aliphatic carbocycles. The van der Waals surface area contributed by atoms with Gasteiger partial charge in [0.1, 0.15) is 0 Å². The number of amides is 1. The Hall–Kier alpha value is -2.91. The number of nitrogens with one attached hydrogen (secondary N) is 4. The van der Waals surface area contributed by atoms with E-state index in [4.69, 9.17) is 0 Å². The van der Waals surface area contributed by atoms with E-state index in [0.29, 0.717) is 22.3 Å². The Morgan fingerprint density at radius 2 is 1.59 bits per heavy atom. The number of hydrogen-bond donors (Lipinski definition) is 4. The third kappa shape index (κ3) is 4.44. The van der Waals surface area contributed by atoms with Crippen molar-refractivity contribution in [2.75, 3.05) is 5.32 Å². The topological polar surface area (TPSA) is 124 Å². The summed E-state index contributed by atoms with van der Waals surface area (Å²) in [6.45, 7) is 5.25. The first-order valence-corrected chi connectivity index (χ1v) is 9.69. The van der Waals surface area contributed by atoms with E-state index < -0.39 is 15.6 Å². The SMILES string of the molecule is CC(C)(C)NS(=O)(=O)c1ccc(C(=O)Nc2ccc3[nH]c(=O)[nH]c3c2)cc1. The zero-order valence-corrected chi connectivity index (χ0v) is 15.9. The van der Waals surface area contributed by atoms with Crippen LogP contribution in [0.5, 0.6) is 0 Å². The maximum Gasteiger partial charge on any atom is 0.323 e. The van der Waals surface area contributed by atoms with Crippen LogP contribution in [0, 0.1) is 0 Å². The van der Waals surface area contributed by atoms with Crippen molar-refractivity contribution in [3.8, 4) is 0 Å². The predicted octanol–water partition coefficient (Wildman–Crippen LogP) is 2.19. The second-order valence-corrected chi connectivity index (χ2v) is 8.86. The molecule has 0 saturated heterocycles. The van der Waals surface area contributed by atoms with E-state index in [-0.39, 0.29) is 16.5 Å². The average Bonchev–Trinajstić information content (AvgIpc) is 2.92. The summed E-state index contributed by atoms with van der Waals surface area (Å²) in [5.41, 5.74) is 1.11. The van der Waals surface area contributed by atoms with Crippen LogP contribution in [0.3, 0.4) is 0 Å². The van der Waals surface area contributed by atoms with Crippen LogP contribution in [0.4, 0.5) is 5.69 Å². The lowest BCUT2D eigenvalue weighted by Gasteiger charge is -2.20. The Balaban J connectivity index is 1.77. The van der Waals surface area contributed by atoms with Gasteiger partial charge in [0.05, 0.1) is 15.9 Å². The number of carbonyl (C=O) groups excluding carboxylic acids is 1. The molecule has 0 fully saturated rings. The van der Waals surface area contributed by atoms with Crippen LogP contribution in [0.25, 0.3) is 11.0 Å². The van der Waals surface area contributed by atoms with Crippen molar-refractivity contribution in [2.24, 2.45) is 0 Å². The van der Waals surface area contributed by atoms with Crippen LogP contribution in [-0.4, -0.2) is 29.8 Å². The maximum absolute atomic E-state index is 12.4. The number of carbonyl (C=O) groups is 1. The summed E-state index contributed by atoms with van der Waals surface area (Å²) in [5, 5.41) is 2.72. The van der Waals surface area contributed by atoms with E-state index in [0.717, 1.165) is 0 Å². The monoisotopic (exact) mass is 388 g/mol. The van der Waals surface area contributed by atoms with Gasteiger partial charge in [-0.2, -0.15) is 0 Å². The van der Waals surface area contributed by atoms with Gasteiger partial charge in [0.2, 0.25) is 10.0 Å². The summed E-state index contributed by atoms with van der Waals surface area (Å²) >= 11 is 0. The molecule has 1 amide bonds. The molecule has 3 aromatic rings. The van der Waals surface area contributed by atoms with E-state index in [1.165, 1.54) is 24.3 Å². The molecule has 0 spiro atoms. The van der Waals surface area contributed by atoms with Crippen molar-refractivity contribution < 1.29 is 13.2 Å². The molecule has 8 nitrogen and oxygen atoms in total. The van der Waals surface area contributed by atoms with Gasteiger partial charge in [-0.05, 0) is 63.2 Å². The van der Waals surface area contributed by atoms with Crippen molar-refractivity contribution in [1.29, 1.82) is 0 Å². The first-order chi connectivity index (χ1) is 12.5. The van der Waals surface area contributed by atoms with E-state index in [1.807, 2.05) is 0 Å². The zero-order valence-electron chi connectivity index (χ0n) is 15.1. The van der Waals surface area contributed by atoms with Crippen LogP contribution in [0.15, 0.2) is 52.2 Å². The molecule has 0 aliphatic heterocycles. The van der Waals surface area contributed by atoms with Crippen molar-refractivity contribution in [3.63, 3.8) is 0 Å². The summed E-state index contributed by atoms with van der Waals surface area (Å²) in [4.78, 5) is 29.0. The highest BCUT2D eigenvalue weighted by Gasteiger charge is 2.22. The molecule has 1 heterocycles. The number of rotatable bonds is 4. The largest absolute Gasteiger partial charge is 0.323 e. The second-order valence-electron chi connectivity index (χ2n) is 7.17. The Kier molecular flexibility index (Phi) is 4.66. The molecule has 4 N–H and O–H groups in total. The van der Waals surface area contributed by atoms with Crippen molar-refractivity contribution >= 4 is 32.7 Å². The number of aromatic nitrogens is 2. The summed E-state index contributed by atoms with van der Waals surface area (Å²) < 4.78 is 27.2. The van der Waals surface area contributed by atoms with E-state index in [1.54, 1.807) is 39.0 Å². The smallest absolute Gasteiger partial charge is 0.322 e. The molecule has 0 aliphatic rings. The Labute approximate surface area is 156 Å². The molecular formula is C18H20N4O4S. The Morgan fingerprint density at radius 3 is 2.22 bits per heavy atom. The Bertz CT molecular complexity index is 1150. The van der Waals surface area contributed by atoms with Gasteiger partial charge in [-0.15, -0.1) is 0 Å². The summed E-state index contributed by atoms with van der Waals surface area (Å²) in [6.07, 6.45) is 0. The van der Waals surface area contributed by atoms with Gasteiger partial charge < -0.3 is 15.3 Å². The number of H-pyrrole nitrogens is 2. The number of fused-ring (bicyclic) bond motifs is 1. The van der Waals surface area contributed by atoms with E-state index in [9.17, 15) is 18.0 Å². The summed E-state index contributed by atoms with van der Waals surface area (Å²) in [6, 6.07) is 10.6. The second kappa shape index (κ2) is 6.67. The quantitative estimate of drug-likeness (QED) is 0.547. The molecule has 27 heavy (non-hydrogen) atoms. The average molecular weight is 388 g/mol. The van der Waals surface area contributed by atoms with Crippen molar-refractivity contribution in [1.82, 2.24) is 14.7 Å². The number of benzene rings is 2. The molecule has 0 atom stereocenters. The van der Waals surface area contributed by atoms with Gasteiger partial charge in [-0.1, -0.05) is 0 Å². The first kappa shape index (κ1) is 18.9. The third-order valence-corrected chi connectivity index (χ3v) is 5.42. The van der Waals surface area contributed by atoms with Crippen LogP contribution in [-0.2, 0) is 10.0 Å². The lowest BCUT2D eigenvalue weighted by atomic mass is 10.1. The maximum atomic E-state index is 12.4. The van der Waals surface area contributed by atoms with E-state index >= 15 is 0 Å². The summed E-state index contributed by atoms with van der Waals surface area (Å²) in [5.74, 6) is -0.389. The molecule has 0 bridgehead atoms. The standard InChI is InChI=1S/C18H20N4O4S/c1-18(2,3)22-27(25,26)13-7-4-11(5-8-13)16(23)19-12-6-9-14-15(10-12)21-17(24)20-14/h4-10,22H,1-3H3,(H,19,23)(H2,20,21,24). The number of anilines is 1. The molecule has 1 aromatic heterocycles. The van der Waals surface area contributed by atoms with Gasteiger partial charge in [0.25, 0.3) is 5.91 Å². The van der Waals surface area contributed by atoms with Crippen LogP contribution in [0.1, 0.15) is 31.1 Å². The van der Waals surface area contributed by atoms with Gasteiger partial charge in [-0.25, -0.2) is 17.9 Å². The molecule has 3 rings (SSSR count). The normalized spacial score (nSPS) is 12.3. The van der Waals surface area contributed by atoms with Crippen LogP contribution < -0.4 is 15.7 Å². The molecule has 0 radical (unpaired) electrons. The van der Waals surface area contributed by atoms with E-state index in [2.05, 4.69) is 20.0 Å². The highest BCUT2D eigenvalue weighted by Crippen LogP contribution is 2.17. The van der Waals surface area contributed by atoms with Crippen molar-refractivity contribution in [2.45, 2.75) is 31.2 Å². The highest BCUT2D eigenvalue weighted by atomic mass is 32.2. The van der Waals surface area contributed by atoms with Gasteiger partial charge in [0.15, 0.2) is 0 Å². The molecule has 0 saturated carbocycles. The lowest BCUT2D eigenvalue weighted by molar-refractivity contribution is 0.102. The molecule has 2 aromatic carbocycles. The van der Waals surface area contributed by atoms with Crippen molar-refractivity contribution in [3.05, 3.63) is 58.5 Å². The number of sulfonamides is 1. The van der Waals surface area contributed by atoms with Crippen LogP contribution >= 0.6 is 0 Å². The highest BCUT2D eigenvalue weighted by molar-refractivity contribution is 7.89. The minimum absolute atomic E-state index is 0.0836. The molecule has 9 heteroatoms. The number of imidazole rings is 1. The van der Waals surface area contributed by atoms with Crippen LogP contribution in [0.2, 0.25) is 0 Å². The predicted molar refractivity (Wildman–Crippen MR) is 103 cm³/mol. The van der Waals surface area contributed by atoms with Gasteiger partial charge in [-0.3, -0.25) is 4.79 Å². The van der Waals surface area contributed by atoms with Gasteiger partial charge in [0, 0.05) is 16.8 Å². The zero-order chi connectivity index (χ0) is 19.8. The first-order valence-electron chi connectivity index (χ1n) is 8.21. The third-order valence-electron chi connectivity index (χ3n) is 3.64. The van der Waals surface area contributed by atoms with Gasteiger partial charge >= 0.3 is 5.69 Å². The minimum atomic E-state index is -3.66.